The van der Waals surface area contributed by atoms with Crippen LogP contribution in [0, 0.1) is 0 Å². The third-order valence-corrected chi connectivity index (χ3v) is 14.0. The fourth-order valence-electron chi connectivity index (χ4n) is 11.8. The largest absolute Gasteiger partial charge is 0.0776 e. The quantitative estimate of drug-likeness (QED) is 0.122. The van der Waals surface area contributed by atoms with Crippen molar-refractivity contribution in [1.29, 1.82) is 0 Å². The zero-order chi connectivity index (χ0) is 37.4. The number of hydrogen-bond acceptors (Lipinski definition) is 0. The van der Waals surface area contributed by atoms with Crippen LogP contribution >= 0.6 is 0 Å². The molecule has 270 valence electrons. The van der Waals surface area contributed by atoms with Crippen LogP contribution in [0.15, 0.2) is 182 Å². The summed E-state index contributed by atoms with van der Waals surface area (Å²) in [6, 6.07) is 69.1. The lowest BCUT2D eigenvalue weighted by Crippen LogP contribution is -1.88. The summed E-state index contributed by atoms with van der Waals surface area (Å²) in [6.45, 7) is 0. The minimum Gasteiger partial charge on any atom is -0.0776 e. The van der Waals surface area contributed by atoms with Crippen molar-refractivity contribution >= 4 is 108 Å². The molecule has 0 spiro atoms. The molecule has 0 unspecified atom stereocenters. The minimum absolute atomic E-state index is 0. The Hall–Kier alpha value is -7.54. The van der Waals surface area contributed by atoms with Gasteiger partial charge in [0.15, 0.2) is 0 Å². The van der Waals surface area contributed by atoms with Crippen LogP contribution < -0.4 is 0 Å². The van der Waals surface area contributed by atoms with Crippen LogP contribution in [0.2, 0.25) is 0 Å². The first-order valence-electron chi connectivity index (χ1n) is 20.4. The fraction of sp³-hybridized carbons (Fsp3) is 0.0169. The highest BCUT2D eigenvalue weighted by atomic mass is 14.3. The Labute approximate surface area is 340 Å². The molecule has 1 aliphatic carbocycles. The van der Waals surface area contributed by atoms with Crippen LogP contribution in [0.3, 0.4) is 0 Å². The van der Waals surface area contributed by atoms with E-state index >= 15 is 0 Å². The molecule has 0 radical (unpaired) electrons. The average Bonchev–Trinajstić information content (AvgIpc) is 3.93. The Bertz CT molecular complexity index is 4030. The lowest BCUT2D eigenvalue weighted by Gasteiger charge is -2.16. The van der Waals surface area contributed by atoms with Gasteiger partial charge in [0.05, 0.1) is 0 Å². The van der Waals surface area contributed by atoms with Crippen LogP contribution in [-0.2, 0) is 0 Å². The first kappa shape index (κ1) is 31.5. The number of hydrogen-bond donors (Lipinski definition) is 0. The molecule has 0 fully saturated rings. The minimum atomic E-state index is 0. The predicted octanol–water partition coefficient (Wildman–Crippen LogP) is 17.1. The summed E-state index contributed by atoms with van der Waals surface area (Å²) in [4.78, 5) is 0. The molecule has 1 aliphatic rings. The molecule has 15 rings (SSSR count). The van der Waals surface area contributed by atoms with Crippen LogP contribution in [0.4, 0.5) is 0 Å². The van der Waals surface area contributed by atoms with E-state index in [1.54, 1.807) is 0 Å². The molecule has 0 saturated heterocycles. The van der Waals surface area contributed by atoms with E-state index in [-0.39, 0.29) is 7.43 Å². The molecule has 14 aromatic rings. The van der Waals surface area contributed by atoms with Gasteiger partial charge in [-0.3, -0.25) is 0 Å². The van der Waals surface area contributed by atoms with Crippen molar-refractivity contribution in [2.75, 3.05) is 0 Å². The highest BCUT2D eigenvalue weighted by Gasteiger charge is 2.29. The van der Waals surface area contributed by atoms with E-state index < -0.39 is 0 Å². The first-order valence-corrected chi connectivity index (χ1v) is 20.4. The van der Waals surface area contributed by atoms with Crippen molar-refractivity contribution < 1.29 is 0 Å². The summed E-state index contributed by atoms with van der Waals surface area (Å²) >= 11 is 0. The highest BCUT2D eigenvalue weighted by Crippen LogP contribution is 2.57. The van der Waals surface area contributed by atoms with Crippen molar-refractivity contribution in [3.8, 4) is 44.5 Å². The second-order valence-electron chi connectivity index (χ2n) is 16.6. The second kappa shape index (κ2) is 10.9. The van der Waals surface area contributed by atoms with Gasteiger partial charge in [0.25, 0.3) is 0 Å². The van der Waals surface area contributed by atoms with Gasteiger partial charge in [0, 0.05) is 0 Å². The van der Waals surface area contributed by atoms with Gasteiger partial charge in [-0.25, -0.2) is 0 Å². The van der Waals surface area contributed by atoms with Gasteiger partial charge in [-0.1, -0.05) is 177 Å². The average molecular weight is 743 g/mol. The first-order chi connectivity index (χ1) is 28.8. The van der Waals surface area contributed by atoms with Gasteiger partial charge in [-0.2, -0.15) is 0 Å². The Morgan fingerprint density at radius 1 is 0.203 bits per heavy atom. The topological polar surface area (TPSA) is 0 Å². The SMILES string of the molecule is C.c1ccc(-c2cccc(-c3c4cc5ccccc5c5c6ccccc6c(c6c7ccc8c9ccc%10c%11c(ccc(c%12ccc(c36)c7c%128)c%119)-c3ccccc3-%10)c45)c2)cc1. The monoisotopic (exact) mass is 742 g/mol. The molecule has 0 heterocycles. The third-order valence-electron chi connectivity index (χ3n) is 14.0. The Kier molecular flexibility index (Phi) is 5.82. The molecule has 0 N–H and O–H groups in total. The molecule has 0 aliphatic heterocycles. The van der Waals surface area contributed by atoms with Crippen molar-refractivity contribution in [1.82, 2.24) is 0 Å². The van der Waals surface area contributed by atoms with Crippen molar-refractivity contribution in [3.63, 3.8) is 0 Å². The van der Waals surface area contributed by atoms with E-state index in [2.05, 4.69) is 182 Å². The maximum Gasteiger partial charge on any atom is -0.000696 e. The molecule has 0 heteroatoms. The summed E-state index contributed by atoms with van der Waals surface area (Å²) in [6.07, 6.45) is 0. The molecule has 0 bridgehead atoms. The van der Waals surface area contributed by atoms with E-state index in [9.17, 15) is 0 Å². The third kappa shape index (κ3) is 3.68. The molecule has 59 heavy (non-hydrogen) atoms. The molecule has 0 nitrogen and oxygen atoms in total. The van der Waals surface area contributed by atoms with E-state index in [1.165, 1.54) is 152 Å². The van der Waals surface area contributed by atoms with Crippen LogP contribution in [0.5, 0.6) is 0 Å². The standard InChI is InChI=1S/C58H30.CH4/c1-2-11-31(12-3-1)32-14-10-15-34(29-32)49-48-30-33-13-4-5-16-35(33)50-38-19-8-9-20-39(38)55(58(48)50)57-47-28-26-45-43-24-22-41-37-18-7-6-17-36(37)40-21-23-42(52(43)51(40)41)44-25-27-46(56(49)57)54(47)53(44)45;/h1-30H;1H4. The summed E-state index contributed by atoms with van der Waals surface area (Å²) in [5.74, 6) is 0. The van der Waals surface area contributed by atoms with Gasteiger partial charge in [0.2, 0.25) is 0 Å². The fourth-order valence-corrected chi connectivity index (χ4v) is 11.8. The van der Waals surface area contributed by atoms with Gasteiger partial charge < -0.3 is 0 Å². The van der Waals surface area contributed by atoms with Crippen molar-refractivity contribution in [2.45, 2.75) is 7.43 Å². The number of fused-ring (bicyclic) bond motifs is 14. The van der Waals surface area contributed by atoms with Crippen LogP contribution in [0.25, 0.3) is 152 Å². The van der Waals surface area contributed by atoms with Crippen LogP contribution in [0.1, 0.15) is 7.43 Å². The Balaban J connectivity index is 0.00000346. The Morgan fingerprint density at radius 3 is 1.36 bits per heavy atom. The van der Waals surface area contributed by atoms with E-state index in [0.29, 0.717) is 0 Å². The van der Waals surface area contributed by atoms with Crippen molar-refractivity contribution in [3.05, 3.63) is 182 Å². The summed E-state index contributed by atoms with van der Waals surface area (Å²) in [5, 5.41) is 27.1. The lowest BCUT2D eigenvalue weighted by molar-refractivity contribution is 1.62. The predicted molar refractivity (Wildman–Crippen MR) is 257 cm³/mol. The zero-order valence-corrected chi connectivity index (χ0v) is 31.3. The van der Waals surface area contributed by atoms with Gasteiger partial charge in [0.1, 0.15) is 0 Å². The van der Waals surface area contributed by atoms with Crippen molar-refractivity contribution in [2.24, 2.45) is 0 Å². The highest BCUT2D eigenvalue weighted by molar-refractivity contribution is 6.52. The molecule has 0 saturated carbocycles. The number of benzene rings is 12. The lowest BCUT2D eigenvalue weighted by atomic mass is 9.87. The zero-order valence-electron chi connectivity index (χ0n) is 31.3. The molecular weight excluding hydrogens is 709 g/mol. The number of rotatable bonds is 2. The summed E-state index contributed by atoms with van der Waals surface area (Å²) in [5.41, 5.74) is 10.5. The molecular formula is C59H34. The van der Waals surface area contributed by atoms with Gasteiger partial charge in [-0.15, -0.1) is 0 Å². The second-order valence-corrected chi connectivity index (χ2v) is 16.6. The van der Waals surface area contributed by atoms with Gasteiger partial charge >= 0.3 is 0 Å². The van der Waals surface area contributed by atoms with Crippen LogP contribution in [-0.4, -0.2) is 0 Å². The normalized spacial score (nSPS) is 12.6. The summed E-state index contributed by atoms with van der Waals surface area (Å²) < 4.78 is 0. The van der Waals surface area contributed by atoms with E-state index in [0.717, 1.165) is 0 Å². The maximum absolute atomic E-state index is 2.49. The Morgan fingerprint density at radius 2 is 0.644 bits per heavy atom. The smallest absolute Gasteiger partial charge is 0.000696 e. The molecule has 0 aromatic heterocycles. The molecule has 0 atom stereocenters. The molecule has 14 aromatic carbocycles. The van der Waals surface area contributed by atoms with E-state index in [1.807, 2.05) is 0 Å². The van der Waals surface area contributed by atoms with Gasteiger partial charge in [-0.05, 0) is 164 Å². The maximum atomic E-state index is 2.49. The summed E-state index contributed by atoms with van der Waals surface area (Å²) in [7, 11) is 0. The van der Waals surface area contributed by atoms with E-state index in [4.69, 9.17) is 0 Å². The molecule has 0 amide bonds.